The molecule has 0 bridgehead atoms. The minimum atomic E-state index is -0.616. The van der Waals surface area contributed by atoms with Crippen LogP contribution >= 0.6 is 11.6 Å². The summed E-state index contributed by atoms with van der Waals surface area (Å²) in [6.45, 7) is 2.35. The number of aryl methyl sites for hydroxylation is 1. The molecule has 0 aliphatic rings. The second kappa shape index (κ2) is 7.96. The Morgan fingerprint density at radius 2 is 1.96 bits per heavy atom. The average Bonchev–Trinajstić information content (AvgIpc) is 2.62. The molecule has 3 N–H and O–H groups in total. The highest BCUT2D eigenvalue weighted by molar-refractivity contribution is 6.33. The van der Waals surface area contributed by atoms with Crippen LogP contribution in [0.25, 0.3) is 0 Å². The number of anilines is 3. The van der Waals surface area contributed by atoms with Gasteiger partial charge in [0.1, 0.15) is 5.82 Å². The third kappa shape index (κ3) is 4.68. The molecule has 0 aliphatic heterocycles. The van der Waals surface area contributed by atoms with Gasteiger partial charge in [0.25, 0.3) is 0 Å². The van der Waals surface area contributed by atoms with Crippen molar-refractivity contribution in [3.63, 3.8) is 0 Å². The fourth-order valence-electron chi connectivity index (χ4n) is 2.40. The first-order chi connectivity index (χ1) is 12.1. The Labute approximate surface area is 151 Å². The van der Waals surface area contributed by atoms with Crippen LogP contribution in [0.2, 0.25) is 5.02 Å². The summed E-state index contributed by atoms with van der Waals surface area (Å²) in [5.74, 6) is 1.06. The van der Waals surface area contributed by atoms with E-state index in [-0.39, 0.29) is 0 Å². The normalized spacial score (nSPS) is 11.8. The highest BCUT2D eigenvalue weighted by Crippen LogP contribution is 2.23. The summed E-state index contributed by atoms with van der Waals surface area (Å²) in [7, 11) is 0. The van der Waals surface area contributed by atoms with Crippen molar-refractivity contribution in [1.29, 1.82) is 0 Å². The number of benzene rings is 2. The monoisotopic (exact) mass is 354 g/mol. The molecule has 0 amide bonds. The first kappa shape index (κ1) is 17.2. The zero-order chi connectivity index (χ0) is 17.6. The lowest BCUT2D eigenvalue weighted by Gasteiger charge is -2.14. The van der Waals surface area contributed by atoms with E-state index in [9.17, 15) is 5.11 Å². The Morgan fingerprint density at radius 1 is 1.12 bits per heavy atom. The SMILES string of the molecule is Cc1cccc(C(O)CNc2ccnc(Nc3ccccc3Cl)n2)c1. The van der Waals surface area contributed by atoms with Gasteiger partial charge in [-0.3, -0.25) is 0 Å². The van der Waals surface area contributed by atoms with Gasteiger partial charge in [-0.25, -0.2) is 4.98 Å². The molecule has 0 fully saturated rings. The quantitative estimate of drug-likeness (QED) is 0.614. The summed E-state index contributed by atoms with van der Waals surface area (Å²) >= 11 is 6.13. The van der Waals surface area contributed by atoms with E-state index in [1.807, 2.05) is 49.4 Å². The van der Waals surface area contributed by atoms with Crippen molar-refractivity contribution in [2.75, 3.05) is 17.2 Å². The molecular formula is C19H19ClN4O. The molecule has 0 saturated heterocycles. The van der Waals surface area contributed by atoms with E-state index in [2.05, 4.69) is 20.6 Å². The van der Waals surface area contributed by atoms with Gasteiger partial charge in [0.15, 0.2) is 0 Å². The summed E-state index contributed by atoms with van der Waals surface area (Å²) in [5, 5.41) is 17.1. The van der Waals surface area contributed by atoms with E-state index >= 15 is 0 Å². The highest BCUT2D eigenvalue weighted by Gasteiger charge is 2.08. The average molecular weight is 355 g/mol. The molecule has 128 valence electrons. The van der Waals surface area contributed by atoms with Crippen molar-refractivity contribution >= 4 is 29.1 Å². The van der Waals surface area contributed by atoms with Crippen LogP contribution < -0.4 is 10.6 Å². The van der Waals surface area contributed by atoms with Crippen molar-refractivity contribution in [2.45, 2.75) is 13.0 Å². The lowest BCUT2D eigenvalue weighted by molar-refractivity contribution is 0.191. The highest BCUT2D eigenvalue weighted by atomic mass is 35.5. The summed E-state index contributed by atoms with van der Waals surface area (Å²) in [5.41, 5.74) is 2.72. The first-order valence-electron chi connectivity index (χ1n) is 7.95. The second-order valence-electron chi connectivity index (χ2n) is 5.68. The van der Waals surface area contributed by atoms with Crippen LogP contribution in [0, 0.1) is 6.92 Å². The van der Waals surface area contributed by atoms with Crippen LogP contribution in [0.1, 0.15) is 17.2 Å². The number of para-hydroxylation sites is 1. The molecule has 1 aromatic heterocycles. The molecule has 0 radical (unpaired) electrons. The molecule has 0 aliphatic carbocycles. The Hall–Kier alpha value is -2.63. The molecule has 6 heteroatoms. The molecule has 5 nitrogen and oxygen atoms in total. The number of hydrogen-bond donors (Lipinski definition) is 3. The number of hydrogen-bond acceptors (Lipinski definition) is 5. The van der Waals surface area contributed by atoms with Gasteiger partial charge in [0.2, 0.25) is 5.95 Å². The lowest BCUT2D eigenvalue weighted by atomic mass is 10.1. The molecule has 25 heavy (non-hydrogen) atoms. The molecule has 1 unspecified atom stereocenters. The maximum absolute atomic E-state index is 10.3. The maximum Gasteiger partial charge on any atom is 0.229 e. The molecule has 1 atom stereocenters. The van der Waals surface area contributed by atoms with Crippen molar-refractivity contribution in [3.05, 3.63) is 76.9 Å². The number of nitrogens with one attached hydrogen (secondary N) is 2. The number of nitrogens with zero attached hydrogens (tertiary/aromatic N) is 2. The van der Waals surface area contributed by atoms with Crippen molar-refractivity contribution in [2.24, 2.45) is 0 Å². The molecule has 0 saturated carbocycles. The number of aromatic nitrogens is 2. The topological polar surface area (TPSA) is 70.1 Å². The van der Waals surface area contributed by atoms with E-state index in [1.165, 1.54) is 0 Å². The van der Waals surface area contributed by atoms with Crippen LogP contribution in [0.5, 0.6) is 0 Å². The third-order valence-electron chi connectivity index (χ3n) is 3.68. The molecule has 3 aromatic rings. The Bertz CT molecular complexity index is 856. The van der Waals surface area contributed by atoms with Gasteiger partial charge >= 0.3 is 0 Å². The molecule has 3 rings (SSSR count). The zero-order valence-corrected chi connectivity index (χ0v) is 14.5. The first-order valence-corrected chi connectivity index (χ1v) is 8.33. The van der Waals surface area contributed by atoms with Gasteiger partial charge in [0.05, 0.1) is 16.8 Å². The van der Waals surface area contributed by atoms with E-state index in [1.54, 1.807) is 18.3 Å². The standard InChI is InChI=1S/C19H19ClN4O/c1-13-5-4-6-14(11-13)17(25)12-22-18-9-10-21-19(24-18)23-16-8-3-2-7-15(16)20/h2-11,17,25H,12H2,1H3,(H2,21,22,23,24). The summed E-state index contributed by atoms with van der Waals surface area (Å²) < 4.78 is 0. The van der Waals surface area contributed by atoms with Gasteiger partial charge in [-0.15, -0.1) is 0 Å². The molecule has 2 aromatic carbocycles. The number of halogens is 1. The number of aliphatic hydroxyl groups is 1. The maximum atomic E-state index is 10.3. The Morgan fingerprint density at radius 3 is 2.76 bits per heavy atom. The van der Waals surface area contributed by atoms with Crippen LogP contribution in [0.3, 0.4) is 0 Å². The largest absolute Gasteiger partial charge is 0.387 e. The summed E-state index contributed by atoms with van der Waals surface area (Å²) in [4.78, 5) is 8.58. The predicted octanol–water partition coefficient (Wildman–Crippen LogP) is 4.33. The Kier molecular flexibility index (Phi) is 5.48. The fraction of sp³-hybridized carbons (Fsp3) is 0.158. The van der Waals surface area contributed by atoms with Crippen molar-refractivity contribution < 1.29 is 5.11 Å². The van der Waals surface area contributed by atoms with E-state index < -0.39 is 6.10 Å². The smallest absolute Gasteiger partial charge is 0.229 e. The third-order valence-corrected chi connectivity index (χ3v) is 4.01. The van der Waals surface area contributed by atoms with Crippen molar-refractivity contribution in [3.8, 4) is 0 Å². The van der Waals surface area contributed by atoms with Crippen LogP contribution in [-0.2, 0) is 0 Å². The number of aliphatic hydroxyl groups excluding tert-OH is 1. The van der Waals surface area contributed by atoms with Crippen LogP contribution in [-0.4, -0.2) is 21.6 Å². The molecular weight excluding hydrogens is 336 g/mol. The van der Waals surface area contributed by atoms with Gasteiger partial charge in [-0.2, -0.15) is 4.98 Å². The van der Waals surface area contributed by atoms with Gasteiger partial charge in [-0.05, 0) is 30.7 Å². The van der Waals surface area contributed by atoms with Gasteiger partial charge < -0.3 is 15.7 Å². The van der Waals surface area contributed by atoms with E-state index in [4.69, 9.17) is 11.6 Å². The Balaban J connectivity index is 1.65. The lowest BCUT2D eigenvalue weighted by Crippen LogP contribution is -2.13. The molecule has 0 spiro atoms. The van der Waals surface area contributed by atoms with E-state index in [0.29, 0.717) is 23.3 Å². The minimum Gasteiger partial charge on any atom is -0.387 e. The number of rotatable bonds is 6. The zero-order valence-electron chi connectivity index (χ0n) is 13.8. The molecule has 1 heterocycles. The van der Waals surface area contributed by atoms with Crippen molar-refractivity contribution in [1.82, 2.24) is 9.97 Å². The van der Waals surface area contributed by atoms with Gasteiger partial charge in [-0.1, -0.05) is 53.6 Å². The second-order valence-corrected chi connectivity index (χ2v) is 6.09. The van der Waals surface area contributed by atoms with Crippen LogP contribution in [0.15, 0.2) is 60.8 Å². The minimum absolute atomic E-state index is 0.353. The summed E-state index contributed by atoms with van der Waals surface area (Å²) in [6, 6.07) is 17.0. The predicted molar refractivity (Wildman–Crippen MR) is 101 cm³/mol. The van der Waals surface area contributed by atoms with E-state index in [0.717, 1.165) is 16.8 Å². The summed E-state index contributed by atoms with van der Waals surface area (Å²) in [6.07, 6.45) is 1.03. The van der Waals surface area contributed by atoms with Gasteiger partial charge in [0, 0.05) is 12.7 Å². The fourth-order valence-corrected chi connectivity index (χ4v) is 2.58. The van der Waals surface area contributed by atoms with Crippen LogP contribution in [0.4, 0.5) is 17.5 Å².